The Morgan fingerprint density at radius 3 is 2.59 bits per heavy atom. The van der Waals surface area contributed by atoms with Gasteiger partial charge in [-0.2, -0.15) is 0 Å². The molecule has 1 rings (SSSR count). The SMILES string of the molecule is CCCCCOC(=O)CC(C)c1ccccc1. The number of benzene rings is 1. The first-order valence-corrected chi connectivity index (χ1v) is 6.44. The first kappa shape index (κ1) is 13.8. The van der Waals surface area contributed by atoms with Gasteiger partial charge in [-0.25, -0.2) is 0 Å². The average Bonchev–Trinajstić information content (AvgIpc) is 2.36. The van der Waals surface area contributed by atoms with Crippen LogP contribution in [0.3, 0.4) is 0 Å². The summed E-state index contributed by atoms with van der Waals surface area (Å²) in [6.07, 6.45) is 3.72. The van der Waals surface area contributed by atoms with Gasteiger partial charge < -0.3 is 4.74 Å². The standard InChI is InChI=1S/C15H22O2/c1-3-4-8-11-17-15(16)12-13(2)14-9-6-5-7-10-14/h5-7,9-10,13H,3-4,8,11-12H2,1-2H3. The van der Waals surface area contributed by atoms with Crippen LogP contribution in [-0.4, -0.2) is 12.6 Å². The lowest BCUT2D eigenvalue weighted by molar-refractivity contribution is -0.144. The lowest BCUT2D eigenvalue weighted by Crippen LogP contribution is -2.09. The van der Waals surface area contributed by atoms with Crippen molar-refractivity contribution in [2.45, 2.75) is 45.4 Å². The van der Waals surface area contributed by atoms with E-state index in [-0.39, 0.29) is 11.9 Å². The molecule has 1 aromatic rings. The highest BCUT2D eigenvalue weighted by Gasteiger charge is 2.11. The number of hydrogen-bond donors (Lipinski definition) is 0. The van der Waals surface area contributed by atoms with Crippen LogP contribution in [-0.2, 0) is 9.53 Å². The number of unbranched alkanes of at least 4 members (excludes halogenated alkanes) is 2. The molecule has 1 atom stereocenters. The van der Waals surface area contributed by atoms with E-state index in [2.05, 4.69) is 26.0 Å². The fourth-order valence-electron chi connectivity index (χ4n) is 1.75. The van der Waals surface area contributed by atoms with E-state index in [1.54, 1.807) is 0 Å². The molecule has 0 saturated carbocycles. The molecule has 2 nitrogen and oxygen atoms in total. The van der Waals surface area contributed by atoms with Crippen LogP contribution < -0.4 is 0 Å². The van der Waals surface area contributed by atoms with Crippen LogP contribution >= 0.6 is 0 Å². The summed E-state index contributed by atoms with van der Waals surface area (Å²) in [7, 11) is 0. The van der Waals surface area contributed by atoms with Crippen LogP contribution in [0.1, 0.15) is 51.0 Å². The fraction of sp³-hybridized carbons (Fsp3) is 0.533. The molecule has 0 fully saturated rings. The van der Waals surface area contributed by atoms with Gasteiger partial charge in [0.1, 0.15) is 0 Å². The highest BCUT2D eigenvalue weighted by molar-refractivity contribution is 5.70. The number of rotatable bonds is 7. The summed E-state index contributed by atoms with van der Waals surface area (Å²) in [5.41, 5.74) is 1.19. The lowest BCUT2D eigenvalue weighted by atomic mass is 9.98. The van der Waals surface area contributed by atoms with E-state index in [9.17, 15) is 4.79 Å². The quantitative estimate of drug-likeness (QED) is 0.528. The maximum absolute atomic E-state index is 11.6. The molecule has 0 aliphatic carbocycles. The van der Waals surface area contributed by atoms with E-state index in [0.29, 0.717) is 13.0 Å². The third-order valence-electron chi connectivity index (χ3n) is 2.85. The molecule has 0 bridgehead atoms. The predicted octanol–water partition coefficient (Wildman–Crippen LogP) is 3.91. The zero-order valence-corrected chi connectivity index (χ0v) is 10.8. The van der Waals surface area contributed by atoms with Gasteiger partial charge in [-0.3, -0.25) is 4.79 Å². The van der Waals surface area contributed by atoms with Gasteiger partial charge in [0.2, 0.25) is 0 Å². The minimum Gasteiger partial charge on any atom is -0.466 e. The van der Waals surface area contributed by atoms with E-state index >= 15 is 0 Å². The number of esters is 1. The molecule has 2 heteroatoms. The molecule has 0 saturated heterocycles. The van der Waals surface area contributed by atoms with E-state index in [1.165, 1.54) is 5.56 Å². The maximum Gasteiger partial charge on any atom is 0.306 e. The Morgan fingerprint density at radius 2 is 1.94 bits per heavy atom. The molecule has 0 N–H and O–H groups in total. The minimum absolute atomic E-state index is 0.0857. The second-order valence-electron chi connectivity index (χ2n) is 4.44. The molecule has 0 spiro atoms. The van der Waals surface area contributed by atoms with Crippen LogP contribution in [0.4, 0.5) is 0 Å². The van der Waals surface area contributed by atoms with Gasteiger partial charge in [0.25, 0.3) is 0 Å². The molecular formula is C15H22O2. The third-order valence-corrected chi connectivity index (χ3v) is 2.85. The lowest BCUT2D eigenvalue weighted by Gasteiger charge is -2.11. The van der Waals surface area contributed by atoms with Crippen LogP contribution in [0.2, 0.25) is 0 Å². The Morgan fingerprint density at radius 1 is 1.24 bits per heavy atom. The number of ether oxygens (including phenoxy) is 1. The largest absolute Gasteiger partial charge is 0.466 e. The van der Waals surface area contributed by atoms with Crippen molar-refractivity contribution in [1.29, 1.82) is 0 Å². The van der Waals surface area contributed by atoms with Gasteiger partial charge in [-0.15, -0.1) is 0 Å². The first-order chi connectivity index (χ1) is 8.24. The molecule has 17 heavy (non-hydrogen) atoms. The van der Waals surface area contributed by atoms with E-state index in [1.807, 2.05) is 18.2 Å². The molecular weight excluding hydrogens is 212 g/mol. The Bertz CT molecular complexity index is 319. The molecule has 0 radical (unpaired) electrons. The number of carbonyl (C=O) groups is 1. The Labute approximate surface area is 104 Å². The van der Waals surface area contributed by atoms with Crippen molar-refractivity contribution in [2.24, 2.45) is 0 Å². The molecule has 0 aliphatic heterocycles. The summed E-state index contributed by atoms with van der Waals surface area (Å²) >= 11 is 0. The van der Waals surface area contributed by atoms with Crippen molar-refractivity contribution in [2.75, 3.05) is 6.61 Å². The van der Waals surface area contributed by atoms with Gasteiger partial charge in [0, 0.05) is 0 Å². The zero-order chi connectivity index (χ0) is 12.5. The van der Waals surface area contributed by atoms with Crippen molar-refractivity contribution < 1.29 is 9.53 Å². The number of carbonyl (C=O) groups excluding carboxylic acids is 1. The monoisotopic (exact) mass is 234 g/mol. The second kappa shape index (κ2) is 7.88. The Kier molecular flexibility index (Phi) is 6.38. The van der Waals surface area contributed by atoms with E-state index in [0.717, 1.165) is 19.3 Å². The van der Waals surface area contributed by atoms with Gasteiger partial charge >= 0.3 is 5.97 Å². The highest BCUT2D eigenvalue weighted by atomic mass is 16.5. The van der Waals surface area contributed by atoms with Crippen LogP contribution in [0.25, 0.3) is 0 Å². The van der Waals surface area contributed by atoms with Gasteiger partial charge in [0.05, 0.1) is 13.0 Å². The van der Waals surface area contributed by atoms with Crippen molar-refractivity contribution >= 4 is 5.97 Å². The summed E-state index contributed by atoms with van der Waals surface area (Å²) in [6, 6.07) is 10.1. The molecule has 1 unspecified atom stereocenters. The normalized spacial score (nSPS) is 12.1. The van der Waals surface area contributed by atoms with E-state index in [4.69, 9.17) is 4.74 Å². The van der Waals surface area contributed by atoms with Gasteiger partial charge in [0.15, 0.2) is 0 Å². The molecule has 0 amide bonds. The molecule has 0 aromatic heterocycles. The van der Waals surface area contributed by atoms with Crippen LogP contribution in [0, 0.1) is 0 Å². The summed E-state index contributed by atoms with van der Waals surface area (Å²) in [6.45, 7) is 4.76. The summed E-state index contributed by atoms with van der Waals surface area (Å²) in [5, 5.41) is 0. The average molecular weight is 234 g/mol. The molecule has 0 heterocycles. The number of hydrogen-bond acceptors (Lipinski definition) is 2. The van der Waals surface area contributed by atoms with Crippen molar-refractivity contribution in [3.8, 4) is 0 Å². The topological polar surface area (TPSA) is 26.3 Å². The minimum atomic E-state index is -0.0857. The maximum atomic E-state index is 11.6. The molecule has 1 aromatic carbocycles. The Balaban J connectivity index is 2.26. The molecule has 94 valence electrons. The molecule has 0 aliphatic rings. The van der Waals surface area contributed by atoms with Crippen molar-refractivity contribution in [3.63, 3.8) is 0 Å². The predicted molar refractivity (Wildman–Crippen MR) is 70.0 cm³/mol. The summed E-state index contributed by atoms with van der Waals surface area (Å²) in [4.78, 5) is 11.6. The highest BCUT2D eigenvalue weighted by Crippen LogP contribution is 2.18. The van der Waals surface area contributed by atoms with Crippen molar-refractivity contribution in [1.82, 2.24) is 0 Å². The Hall–Kier alpha value is -1.31. The van der Waals surface area contributed by atoms with Gasteiger partial charge in [-0.05, 0) is 17.9 Å². The zero-order valence-electron chi connectivity index (χ0n) is 10.8. The van der Waals surface area contributed by atoms with Gasteiger partial charge in [-0.1, -0.05) is 57.0 Å². The van der Waals surface area contributed by atoms with Crippen LogP contribution in [0.5, 0.6) is 0 Å². The van der Waals surface area contributed by atoms with E-state index < -0.39 is 0 Å². The third kappa shape index (κ3) is 5.53. The smallest absolute Gasteiger partial charge is 0.306 e. The van der Waals surface area contributed by atoms with Crippen molar-refractivity contribution in [3.05, 3.63) is 35.9 Å². The fourth-order valence-corrected chi connectivity index (χ4v) is 1.75. The van der Waals surface area contributed by atoms with Crippen LogP contribution in [0.15, 0.2) is 30.3 Å². The summed E-state index contributed by atoms with van der Waals surface area (Å²) < 4.78 is 5.20. The second-order valence-corrected chi connectivity index (χ2v) is 4.44. The summed E-state index contributed by atoms with van der Waals surface area (Å²) in [5.74, 6) is 0.146. The first-order valence-electron chi connectivity index (χ1n) is 6.44.